The van der Waals surface area contributed by atoms with Crippen LogP contribution in [0.1, 0.15) is 42.1 Å². The standard InChI is InChI=1S/C20H20Cl2O3/c1-13(2)11-12-25-20(24)17(14-7-4-3-5-8-14)19(23)18-15(21)9-6-10-16(18)22/h3-10,13,17H,11-12H2,1-2H3. The van der Waals surface area contributed by atoms with Crippen LogP contribution in [0.3, 0.4) is 0 Å². The summed E-state index contributed by atoms with van der Waals surface area (Å²) in [4.78, 5) is 25.7. The van der Waals surface area contributed by atoms with Crippen molar-refractivity contribution in [1.82, 2.24) is 0 Å². The van der Waals surface area contributed by atoms with Crippen molar-refractivity contribution in [3.8, 4) is 0 Å². The van der Waals surface area contributed by atoms with Crippen molar-refractivity contribution in [1.29, 1.82) is 0 Å². The van der Waals surface area contributed by atoms with Crippen LogP contribution in [0.2, 0.25) is 10.0 Å². The zero-order valence-corrected chi connectivity index (χ0v) is 15.7. The van der Waals surface area contributed by atoms with Crippen LogP contribution in [0, 0.1) is 5.92 Å². The van der Waals surface area contributed by atoms with E-state index in [2.05, 4.69) is 0 Å². The van der Waals surface area contributed by atoms with Gasteiger partial charge < -0.3 is 4.74 Å². The van der Waals surface area contributed by atoms with Crippen molar-refractivity contribution in [2.24, 2.45) is 5.92 Å². The number of esters is 1. The van der Waals surface area contributed by atoms with Crippen molar-refractivity contribution in [3.63, 3.8) is 0 Å². The van der Waals surface area contributed by atoms with E-state index in [0.29, 0.717) is 11.5 Å². The highest BCUT2D eigenvalue weighted by molar-refractivity contribution is 6.40. The molecule has 0 aliphatic carbocycles. The number of carbonyl (C=O) groups is 2. The lowest BCUT2D eigenvalue weighted by atomic mass is 9.90. The molecule has 0 saturated heterocycles. The van der Waals surface area contributed by atoms with Crippen LogP contribution < -0.4 is 0 Å². The number of hydrogen-bond donors (Lipinski definition) is 0. The smallest absolute Gasteiger partial charge is 0.321 e. The maximum atomic E-state index is 13.1. The van der Waals surface area contributed by atoms with Gasteiger partial charge in [-0.3, -0.25) is 9.59 Å². The monoisotopic (exact) mass is 378 g/mol. The Kier molecular flexibility index (Phi) is 7.03. The highest BCUT2D eigenvalue weighted by Gasteiger charge is 2.33. The zero-order valence-electron chi connectivity index (χ0n) is 14.2. The Morgan fingerprint density at radius 3 is 2.12 bits per heavy atom. The summed E-state index contributed by atoms with van der Waals surface area (Å²) in [7, 11) is 0. The van der Waals surface area contributed by atoms with E-state index in [1.54, 1.807) is 42.5 Å². The van der Waals surface area contributed by atoms with Gasteiger partial charge in [0.15, 0.2) is 5.78 Å². The molecule has 0 bridgehead atoms. The Hall–Kier alpha value is -1.84. The van der Waals surface area contributed by atoms with Gasteiger partial charge in [0, 0.05) is 0 Å². The van der Waals surface area contributed by atoms with Crippen LogP contribution in [0.15, 0.2) is 48.5 Å². The molecule has 0 amide bonds. The van der Waals surface area contributed by atoms with Gasteiger partial charge in [0.2, 0.25) is 0 Å². The van der Waals surface area contributed by atoms with E-state index in [9.17, 15) is 9.59 Å². The summed E-state index contributed by atoms with van der Waals surface area (Å²) < 4.78 is 5.35. The fraction of sp³-hybridized carbons (Fsp3) is 0.300. The quantitative estimate of drug-likeness (QED) is 0.360. The third-order valence-corrected chi connectivity index (χ3v) is 4.41. The third kappa shape index (κ3) is 5.07. The summed E-state index contributed by atoms with van der Waals surface area (Å²) in [6.45, 7) is 4.34. The third-order valence-electron chi connectivity index (χ3n) is 3.78. The minimum atomic E-state index is -1.09. The lowest BCUT2D eigenvalue weighted by molar-refractivity contribution is -0.144. The molecule has 0 spiro atoms. The van der Waals surface area contributed by atoms with Gasteiger partial charge in [-0.25, -0.2) is 0 Å². The minimum absolute atomic E-state index is 0.139. The molecule has 0 fully saturated rings. The van der Waals surface area contributed by atoms with Crippen LogP contribution in [-0.4, -0.2) is 18.4 Å². The van der Waals surface area contributed by atoms with Crippen LogP contribution in [0.4, 0.5) is 0 Å². The first-order valence-electron chi connectivity index (χ1n) is 8.11. The molecule has 2 aromatic carbocycles. The Morgan fingerprint density at radius 1 is 0.960 bits per heavy atom. The molecular formula is C20H20Cl2O3. The Balaban J connectivity index is 2.35. The fourth-order valence-electron chi connectivity index (χ4n) is 2.40. The number of halogens is 2. The van der Waals surface area contributed by atoms with E-state index in [-0.39, 0.29) is 22.2 Å². The first-order chi connectivity index (χ1) is 11.9. The van der Waals surface area contributed by atoms with Crippen molar-refractivity contribution in [3.05, 3.63) is 69.7 Å². The molecule has 3 nitrogen and oxygen atoms in total. The molecule has 5 heteroatoms. The van der Waals surface area contributed by atoms with E-state index >= 15 is 0 Å². The number of carbonyl (C=O) groups excluding carboxylic acids is 2. The van der Waals surface area contributed by atoms with Crippen molar-refractivity contribution in [2.45, 2.75) is 26.2 Å². The number of Topliss-reactive ketones (excluding diaryl/α,β-unsaturated/α-hetero) is 1. The largest absolute Gasteiger partial charge is 0.465 e. The molecule has 0 aliphatic rings. The molecular weight excluding hydrogens is 359 g/mol. The highest BCUT2D eigenvalue weighted by Crippen LogP contribution is 2.31. The van der Waals surface area contributed by atoms with E-state index in [4.69, 9.17) is 27.9 Å². The molecule has 2 aromatic rings. The lowest BCUT2D eigenvalue weighted by Crippen LogP contribution is -2.25. The summed E-state index contributed by atoms with van der Waals surface area (Å²) in [6, 6.07) is 13.6. The van der Waals surface area contributed by atoms with E-state index in [1.807, 2.05) is 19.9 Å². The summed E-state index contributed by atoms with van der Waals surface area (Å²) in [5, 5.41) is 0.432. The van der Waals surface area contributed by atoms with Gasteiger partial charge in [0.1, 0.15) is 5.92 Å². The van der Waals surface area contributed by atoms with Crippen LogP contribution >= 0.6 is 23.2 Å². The van der Waals surface area contributed by atoms with E-state index < -0.39 is 17.7 Å². The topological polar surface area (TPSA) is 43.4 Å². The summed E-state index contributed by atoms with van der Waals surface area (Å²) in [5.74, 6) is -1.74. The molecule has 0 aromatic heterocycles. The maximum absolute atomic E-state index is 13.1. The van der Waals surface area contributed by atoms with Gasteiger partial charge in [0.05, 0.1) is 22.2 Å². The molecule has 25 heavy (non-hydrogen) atoms. The number of ether oxygens (including phenoxy) is 1. The number of ketones is 1. The minimum Gasteiger partial charge on any atom is -0.465 e. The average molecular weight is 379 g/mol. The zero-order chi connectivity index (χ0) is 18.4. The van der Waals surface area contributed by atoms with Gasteiger partial charge in [-0.05, 0) is 30.0 Å². The van der Waals surface area contributed by atoms with Crippen LogP contribution in [0.25, 0.3) is 0 Å². The number of hydrogen-bond acceptors (Lipinski definition) is 3. The second kappa shape index (κ2) is 9.02. The average Bonchev–Trinajstić information content (AvgIpc) is 2.55. The van der Waals surface area contributed by atoms with E-state index in [1.165, 1.54) is 0 Å². The van der Waals surface area contributed by atoms with Gasteiger partial charge in [-0.1, -0.05) is 73.4 Å². The molecule has 0 saturated carbocycles. The van der Waals surface area contributed by atoms with Gasteiger partial charge >= 0.3 is 5.97 Å². The number of rotatable bonds is 7. The van der Waals surface area contributed by atoms with Crippen molar-refractivity contribution >= 4 is 35.0 Å². The predicted octanol–water partition coefficient (Wildman–Crippen LogP) is 5.55. The number of benzene rings is 2. The lowest BCUT2D eigenvalue weighted by Gasteiger charge is -2.17. The Labute approximate surface area is 157 Å². The molecule has 0 aliphatic heterocycles. The van der Waals surface area contributed by atoms with Crippen molar-refractivity contribution < 1.29 is 14.3 Å². The summed E-state index contributed by atoms with van der Waals surface area (Å²) in [5.41, 5.74) is 0.693. The second-order valence-corrected chi connectivity index (χ2v) is 6.97. The van der Waals surface area contributed by atoms with Gasteiger partial charge in [0.25, 0.3) is 0 Å². The van der Waals surface area contributed by atoms with Gasteiger partial charge in [-0.15, -0.1) is 0 Å². The SMILES string of the molecule is CC(C)CCOC(=O)C(C(=O)c1c(Cl)cccc1Cl)c1ccccc1. The molecule has 0 N–H and O–H groups in total. The predicted molar refractivity (Wildman–Crippen MR) is 100 cm³/mol. The molecule has 1 atom stereocenters. The summed E-state index contributed by atoms with van der Waals surface area (Å²) >= 11 is 12.3. The fourth-order valence-corrected chi connectivity index (χ4v) is 2.98. The van der Waals surface area contributed by atoms with E-state index in [0.717, 1.165) is 6.42 Å². The second-order valence-electron chi connectivity index (χ2n) is 6.15. The van der Waals surface area contributed by atoms with Crippen LogP contribution in [0.5, 0.6) is 0 Å². The first kappa shape index (κ1) is 19.5. The van der Waals surface area contributed by atoms with Gasteiger partial charge in [-0.2, -0.15) is 0 Å². The van der Waals surface area contributed by atoms with Crippen LogP contribution in [-0.2, 0) is 9.53 Å². The molecule has 132 valence electrons. The normalized spacial score (nSPS) is 12.0. The van der Waals surface area contributed by atoms with Crippen molar-refractivity contribution in [2.75, 3.05) is 6.61 Å². The molecule has 1 unspecified atom stereocenters. The molecule has 0 radical (unpaired) electrons. The highest BCUT2D eigenvalue weighted by atomic mass is 35.5. The summed E-state index contributed by atoms with van der Waals surface area (Å²) in [6.07, 6.45) is 0.730. The Morgan fingerprint density at radius 2 is 1.56 bits per heavy atom. The first-order valence-corrected chi connectivity index (χ1v) is 8.87. The molecule has 0 heterocycles. The maximum Gasteiger partial charge on any atom is 0.321 e. The Bertz CT molecular complexity index is 722. The molecule has 2 rings (SSSR count).